The van der Waals surface area contributed by atoms with Crippen molar-refractivity contribution in [3.8, 4) is 0 Å². The Kier molecular flexibility index (Phi) is 6.92. The molecule has 1 aliphatic rings. The van der Waals surface area contributed by atoms with Gasteiger partial charge in [-0.1, -0.05) is 46.4 Å². The minimum atomic E-state index is -0.464. The van der Waals surface area contributed by atoms with Crippen LogP contribution < -0.4 is 0 Å². The van der Waals surface area contributed by atoms with Crippen LogP contribution in [0.25, 0.3) is 0 Å². The van der Waals surface area contributed by atoms with E-state index in [1.165, 1.54) is 6.07 Å². The number of aliphatic hydroxyl groups is 1. The number of benzene rings is 1. The van der Waals surface area contributed by atoms with E-state index in [1.807, 2.05) is 27.7 Å². The van der Waals surface area contributed by atoms with Gasteiger partial charge in [-0.3, -0.25) is 10.1 Å². The lowest BCUT2D eigenvalue weighted by molar-refractivity contribution is -0.384. The van der Waals surface area contributed by atoms with E-state index in [9.17, 15) is 15.2 Å². The minimum absolute atomic E-state index is 0.0771. The van der Waals surface area contributed by atoms with E-state index < -0.39 is 6.10 Å². The number of aryl methyl sites for hydroxylation is 1. The van der Waals surface area contributed by atoms with Crippen molar-refractivity contribution in [3.05, 3.63) is 33.9 Å². The number of hydrogen-bond acceptors (Lipinski definition) is 5. The minimum Gasteiger partial charge on any atom is -0.391 e. The van der Waals surface area contributed by atoms with Crippen molar-refractivity contribution in [2.75, 3.05) is 12.3 Å². The van der Waals surface area contributed by atoms with Crippen LogP contribution in [0.1, 0.15) is 46.6 Å². The maximum Gasteiger partial charge on any atom is 0.269 e. The molecule has 0 spiro atoms. The fraction of sp³-hybridized carbons (Fsp3) is 0.650. The van der Waals surface area contributed by atoms with Crippen LogP contribution in [0.2, 0.25) is 0 Å². The Balaban J connectivity index is 2.32. The fourth-order valence-corrected chi connectivity index (χ4v) is 4.21. The summed E-state index contributed by atoms with van der Waals surface area (Å²) in [5.74, 6) is 1.50. The highest BCUT2D eigenvalue weighted by Crippen LogP contribution is 2.33. The number of nitro benzene ring substituents is 1. The summed E-state index contributed by atoms with van der Waals surface area (Å²) in [6.07, 6.45) is 0.580. The van der Waals surface area contributed by atoms with Crippen LogP contribution in [-0.2, 0) is 0 Å². The summed E-state index contributed by atoms with van der Waals surface area (Å²) in [5, 5.41) is 22.5. The molecule has 2 rings (SSSR count). The third-order valence-electron chi connectivity index (χ3n) is 4.81. The molecule has 0 bridgehead atoms. The number of rotatable bonds is 6. The molecule has 7 heteroatoms. The Morgan fingerprint density at radius 3 is 2.59 bits per heavy atom. The van der Waals surface area contributed by atoms with E-state index >= 15 is 0 Å². The van der Waals surface area contributed by atoms with Gasteiger partial charge >= 0.3 is 0 Å². The number of nitrogens with zero attached hydrogens (tertiary/aromatic N) is 3. The zero-order chi connectivity index (χ0) is 20.4. The monoisotopic (exact) mass is 393 g/mol. The van der Waals surface area contributed by atoms with E-state index in [2.05, 4.69) is 18.7 Å². The van der Waals surface area contributed by atoms with Crippen molar-refractivity contribution >= 4 is 28.3 Å². The maximum atomic E-state index is 11.0. The standard InChI is InChI=1S/C20H31N3O3S/c1-13(2)9-16-12-27-19(22(16)11-18(24)20(4,5)6)21-17-8-7-15(23(25)26)10-14(17)3/h7-8,10,13,16,18,24H,9,11-12H2,1-6H3. The number of thioether (sulfide) groups is 1. The van der Waals surface area contributed by atoms with Gasteiger partial charge in [-0.05, 0) is 36.3 Å². The van der Waals surface area contributed by atoms with Gasteiger partial charge in [0.2, 0.25) is 0 Å². The number of β-amino-alcohol motifs (C(OH)–C–C–N with tert-alkyl or cyclic N) is 1. The van der Waals surface area contributed by atoms with E-state index in [0.717, 1.165) is 28.6 Å². The summed E-state index contributed by atoms with van der Waals surface area (Å²) in [4.78, 5) is 17.6. The van der Waals surface area contributed by atoms with E-state index in [-0.39, 0.29) is 16.0 Å². The molecule has 1 fully saturated rings. The molecule has 1 aromatic carbocycles. The summed E-state index contributed by atoms with van der Waals surface area (Å²) >= 11 is 1.70. The number of non-ortho nitro benzene ring substituents is 1. The van der Waals surface area contributed by atoms with E-state index in [4.69, 9.17) is 4.99 Å². The molecule has 150 valence electrons. The largest absolute Gasteiger partial charge is 0.391 e. The molecule has 6 nitrogen and oxygen atoms in total. The molecule has 0 aromatic heterocycles. The van der Waals surface area contributed by atoms with Gasteiger partial charge in [0.15, 0.2) is 5.17 Å². The molecule has 0 amide bonds. The number of nitro groups is 1. The predicted octanol–water partition coefficient (Wildman–Crippen LogP) is 4.76. The predicted molar refractivity (Wildman–Crippen MR) is 113 cm³/mol. The van der Waals surface area contributed by atoms with Crippen molar-refractivity contribution in [3.63, 3.8) is 0 Å². The smallest absolute Gasteiger partial charge is 0.269 e. The Morgan fingerprint density at radius 1 is 1.41 bits per heavy atom. The van der Waals surface area contributed by atoms with Gasteiger partial charge < -0.3 is 10.0 Å². The second kappa shape index (κ2) is 8.61. The first-order valence-corrected chi connectivity index (χ1v) is 10.4. The molecule has 27 heavy (non-hydrogen) atoms. The van der Waals surface area contributed by atoms with Crippen LogP contribution in [-0.4, -0.2) is 44.5 Å². The quantitative estimate of drug-likeness (QED) is 0.557. The lowest BCUT2D eigenvalue weighted by Crippen LogP contribution is -2.44. The number of hydrogen-bond donors (Lipinski definition) is 1. The molecule has 1 aromatic rings. The molecule has 1 aliphatic heterocycles. The van der Waals surface area contributed by atoms with Crippen molar-refractivity contribution in [2.45, 2.75) is 60.1 Å². The average Bonchev–Trinajstić information content (AvgIpc) is 2.89. The normalized spacial score (nSPS) is 20.5. The van der Waals surface area contributed by atoms with E-state index in [0.29, 0.717) is 18.5 Å². The highest BCUT2D eigenvalue weighted by atomic mass is 32.2. The molecule has 1 heterocycles. The highest BCUT2D eigenvalue weighted by molar-refractivity contribution is 8.14. The van der Waals surface area contributed by atoms with Gasteiger partial charge in [0.1, 0.15) is 0 Å². The molecule has 0 radical (unpaired) electrons. The van der Waals surface area contributed by atoms with Gasteiger partial charge in [-0.25, -0.2) is 4.99 Å². The van der Waals surface area contributed by atoms with Crippen molar-refractivity contribution in [1.29, 1.82) is 0 Å². The molecule has 0 saturated carbocycles. The zero-order valence-corrected chi connectivity index (χ0v) is 17.9. The van der Waals surface area contributed by atoms with Crippen molar-refractivity contribution < 1.29 is 10.0 Å². The first kappa shape index (κ1) is 21.7. The van der Waals surface area contributed by atoms with Gasteiger partial charge in [-0.2, -0.15) is 0 Å². The van der Waals surface area contributed by atoms with Gasteiger partial charge in [0, 0.05) is 30.5 Å². The molecular formula is C20H31N3O3S. The Labute approximate surface area is 166 Å². The SMILES string of the molecule is Cc1cc([N+](=O)[O-])ccc1N=C1SCC(CC(C)C)N1CC(O)C(C)(C)C. The first-order chi connectivity index (χ1) is 12.5. The number of aliphatic hydroxyl groups excluding tert-OH is 1. The fourth-order valence-electron chi connectivity index (χ4n) is 3.00. The summed E-state index contributed by atoms with van der Waals surface area (Å²) in [7, 11) is 0. The number of aliphatic imine (C=N–C) groups is 1. The Hall–Kier alpha value is -1.60. The van der Waals surface area contributed by atoms with Crippen LogP contribution >= 0.6 is 11.8 Å². The van der Waals surface area contributed by atoms with Crippen LogP contribution in [0.15, 0.2) is 23.2 Å². The molecule has 2 unspecified atom stereocenters. The van der Waals surface area contributed by atoms with Crippen LogP contribution in [0.5, 0.6) is 0 Å². The maximum absolute atomic E-state index is 11.0. The summed E-state index contributed by atoms with van der Waals surface area (Å²) in [5.41, 5.74) is 1.39. The topological polar surface area (TPSA) is 79.0 Å². The average molecular weight is 394 g/mol. The summed E-state index contributed by atoms with van der Waals surface area (Å²) in [6, 6.07) is 5.09. The lowest BCUT2D eigenvalue weighted by atomic mass is 9.88. The lowest BCUT2D eigenvalue weighted by Gasteiger charge is -2.34. The van der Waals surface area contributed by atoms with Gasteiger partial charge in [0.25, 0.3) is 5.69 Å². The third-order valence-corrected chi connectivity index (χ3v) is 5.95. The molecule has 2 atom stereocenters. The Morgan fingerprint density at radius 2 is 2.07 bits per heavy atom. The second-order valence-corrected chi connectivity index (χ2v) is 9.74. The number of amidine groups is 1. The second-order valence-electron chi connectivity index (χ2n) is 8.75. The van der Waals surface area contributed by atoms with Crippen molar-refractivity contribution in [2.24, 2.45) is 16.3 Å². The van der Waals surface area contributed by atoms with Crippen LogP contribution in [0.3, 0.4) is 0 Å². The Bertz CT molecular complexity index is 713. The third kappa shape index (κ3) is 5.69. The first-order valence-electron chi connectivity index (χ1n) is 9.40. The summed E-state index contributed by atoms with van der Waals surface area (Å²) < 4.78 is 0. The van der Waals surface area contributed by atoms with Crippen LogP contribution in [0, 0.1) is 28.4 Å². The van der Waals surface area contributed by atoms with E-state index in [1.54, 1.807) is 23.9 Å². The highest BCUT2D eigenvalue weighted by Gasteiger charge is 2.35. The molecule has 0 aliphatic carbocycles. The summed E-state index contributed by atoms with van der Waals surface area (Å²) in [6.45, 7) is 12.9. The zero-order valence-electron chi connectivity index (χ0n) is 17.1. The molecule has 1 saturated heterocycles. The van der Waals surface area contributed by atoms with Crippen LogP contribution in [0.4, 0.5) is 11.4 Å². The van der Waals surface area contributed by atoms with Gasteiger partial charge in [-0.15, -0.1) is 0 Å². The van der Waals surface area contributed by atoms with Crippen molar-refractivity contribution in [1.82, 2.24) is 4.90 Å². The van der Waals surface area contributed by atoms with Gasteiger partial charge in [0.05, 0.1) is 16.7 Å². The molecular weight excluding hydrogens is 362 g/mol. The molecule has 1 N–H and O–H groups in total.